The molecule has 4 heteroatoms. The average Bonchev–Trinajstić information content (AvgIpc) is 2.81. The van der Waals surface area contributed by atoms with Crippen LogP contribution in [0.2, 0.25) is 0 Å². The zero-order chi connectivity index (χ0) is 14.1. The van der Waals surface area contributed by atoms with Crippen molar-refractivity contribution in [1.82, 2.24) is 15.0 Å². The Hall–Kier alpha value is -2.36. The fourth-order valence-electron chi connectivity index (χ4n) is 2.31. The fourth-order valence-corrected chi connectivity index (χ4v) is 2.31. The van der Waals surface area contributed by atoms with Crippen LogP contribution in [0.25, 0.3) is 16.7 Å². The minimum atomic E-state index is 0.216. The van der Waals surface area contributed by atoms with Crippen LogP contribution in [0.5, 0.6) is 5.75 Å². The second kappa shape index (κ2) is 4.96. The summed E-state index contributed by atoms with van der Waals surface area (Å²) < 4.78 is 0. The molecule has 0 fully saturated rings. The van der Waals surface area contributed by atoms with Gasteiger partial charge >= 0.3 is 0 Å². The quantitative estimate of drug-likeness (QED) is 0.791. The van der Waals surface area contributed by atoms with Gasteiger partial charge in [-0.3, -0.25) is 0 Å². The molecule has 0 aliphatic heterocycles. The summed E-state index contributed by atoms with van der Waals surface area (Å²) in [5.74, 6) is 0.216. The Bertz CT molecular complexity index is 762. The number of fused-ring (bicyclic) bond motifs is 1. The zero-order valence-corrected chi connectivity index (χ0v) is 11.7. The number of aromatic hydroxyl groups is 1. The summed E-state index contributed by atoms with van der Waals surface area (Å²) in [5.41, 5.74) is 4.54. The lowest BCUT2D eigenvalue weighted by molar-refractivity contribution is 0.467. The third kappa shape index (κ3) is 2.25. The summed E-state index contributed by atoms with van der Waals surface area (Å²) in [5, 5.41) is 19.0. The van der Waals surface area contributed by atoms with Crippen LogP contribution < -0.4 is 0 Å². The highest BCUT2D eigenvalue weighted by molar-refractivity contribution is 5.74. The van der Waals surface area contributed by atoms with Crippen molar-refractivity contribution in [2.24, 2.45) is 0 Å². The molecule has 1 N–H and O–H groups in total. The van der Waals surface area contributed by atoms with Crippen molar-refractivity contribution < 1.29 is 5.11 Å². The van der Waals surface area contributed by atoms with E-state index in [4.69, 9.17) is 0 Å². The molecule has 0 aliphatic rings. The molecule has 4 nitrogen and oxygen atoms in total. The lowest BCUT2D eigenvalue weighted by Gasteiger charge is -2.05. The van der Waals surface area contributed by atoms with Crippen molar-refractivity contribution in [3.05, 3.63) is 47.5 Å². The Morgan fingerprint density at radius 1 is 1.05 bits per heavy atom. The SMILES string of the molecule is CCCc1ccc(-n2nc3ccc(C)cc3n2)c(O)c1. The Morgan fingerprint density at radius 2 is 1.85 bits per heavy atom. The van der Waals surface area contributed by atoms with Gasteiger partial charge in [0.1, 0.15) is 22.5 Å². The van der Waals surface area contributed by atoms with Crippen LogP contribution in [0.1, 0.15) is 24.5 Å². The molecule has 0 saturated carbocycles. The molecule has 2 aromatic carbocycles. The van der Waals surface area contributed by atoms with E-state index < -0.39 is 0 Å². The molecule has 3 rings (SSSR count). The highest BCUT2D eigenvalue weighted by Gasteiger charge is 2.09. The van der Waals surface area contributed by atoms with Crippen molar-refractivity contribution in [3.63, 3.8) is 0 Å². The molecule has 0 amide bonds. The second-order valence-corrected chi connectivity index (χ2v) is 5.05. The van der Waals surface area contributed by atoms with E-state index in [0.29, 0.717) is 5.69 Å². The van der Waals surface area contributed by atoms with Gasteiger partial charge in [-0.1, -0.05) is 25.5 Å². The molecule has 0 bridgehead atoms. The van der Waals surface area contributed by atoms with Gasteiger partial charge < -0.3 is 5.11 Å². The van der Waals surface area contributed by atoms with E-state index in [1.807, 2.05) is 37.3 Å². The monoisotopic (exact) mass is 267 g/mol. The van der Waals surface area contributed by atoms with Crippen molar-refractivity contribution >= 4 is 11.0 Å². The minimum absolute atomic E-state index is 0.216. The molecule has 0 atom stereocenters. The summed E-state index contributed by atoms with van der Waals surface area (Å²) in [6, 6.07) is 11.6. The molecular weight excluding hydrogens is 250 g/mol. The number of nitrogens with zero attached hydrogens (tertiary/aromatic N) is 3. The van der Waals surface area contributed by atoms with Gasteiger partial charge in [0.05, 0.1) is 0 Å². The molecular formula is C16H17N3O. The predicted octanol–water partition coefficient (Wildman–Crippen LogP) is 3.39. The summed E-state index contributed by atoms with van der Waals surface area (Å²) in [7, 11) is 0. The van der Waals surface area contributed by atoms with Gasteiger partial charge in [-0.15, -0.1) is 15.0 Å². The average molecular weight is 267 g/mol. The predicted molar refractivity (Wildman–Crippen MR) is 79.3 cm³/mol. The molecule has 1 aromatic heterocycles. The molecule has 102 valence electrons. The van der Waals surface area contributed by atoms with Crippen LogP contribution in [0.3, 0.4) is 0 Å². The summed E-state index contributed by atoms with van der Waals surface area (Å²) in [6.07, 6.45) is 2.02. The van der Waals surface area contributed by atoms with Gasteiger partial charge in [0.25, 0.3) is 0 Å². The summed E-state index contributed by atoms with van der Waals surface area (Å²) >= 11 is 0. The third-order valence-electron chi connectivity index (χ3n) is 3.33. The van der Waals surface area contributed by atoms with Crippen LogP contribution in [0.4, 0.5) is 0 Å². The Kier molecular flexibility index (Phi) is 3.14. The number of rotatable bonds is 3. The minimum Gasteiger partial charge on any atom is -0.506 e. The van der Waals surface area contributed by atoms with E-state index in [1.165, 1.54) is 4.80 Å². The van der Waals surface area contributed by atoms with E-state index in [2.05, 4.69) is 17.1 Å². The first-order valence-corrected chi connectivity index (χ1v) is 6.83. The van der Waals surface area contributed by atoms with E-state index in [1.54, 1.807) is 6.07 Å². The maximum Gasteiger partial charge on any atom is 0.143 e. The number of aryl methyl sites for hydroxylation is 2. The Balaban J connectivity index is 2.06. The van der Waals surface area contributed by atoms with Gasteiger partial charge in [-0.2, -0.15) is 0 Å². The first-order valence-electron chi connectivity index (χ1n) is 6.83. The fraction of sp³-hybridized carbons (Fsp3) is 0.250. The van der Waals surface area contributed by atoms with Crippen LogP contribution in [-0.4, -0.2) is 20.1 Å². The zero-order valence-electron chi connectivity index (χ0n) is 11.7. The molecule has 0 radical (unpaired) electrons. The number of phenolic OH excluding ortho intramolecular Hbond substituents is 1. The van der Waals surface area contributed by atoms with Crippen molar-refractivity contribution in [1.29, 1.82) is 0 Å². The van der Waals surface area contributed by atoms with Crippen molar-refractivity contribution in [2.75, 3.05) is 0 Å². The number of hydrogen-bond acceptors (Lipinski definition) is 3. The smallest absolute Gasteiger partial charge is 0.143 e. The lowest BCUT2D eigenvalue weighted by atomic mass is 10.1. The molecule has 20 heavy (non-hydrogen) atoms. The topological polar surface area (TPSA) is 50.9 Å². The van der Waals surface area contributed by atoms with Crippen molar-refractivity contribution in [3.8, 4) is 11.4 Å². The number of phenols is 1. The van der Waals surface area contributed by atoms with Crippen LogP contribution in [-0.2, 0) is 6.42 Å². The number of aromatic nitrogens is 3. The van der Waals surface area contributed by atoms with E-state index in [9.17, 15) is 5.11 Å². The van der Waals surface area contributed by atoms with Gasteiger partial charge in [0, 0.05) is 0 Å². The summed E-state index contributed by atoms with van der Waals surface area (Å²) in [6.45, 7) is 4.14. The second-order valence-electron chi connectivity index (χ2n) is 5.05. The number of hydrogen-bond donors (Lipinski definition) is 1. The first-order chi connectivity index (χ1) is 9.67. The van der Waals surface area contributed by atoms with Gasteiger partial charge in [0.15, 0.2) is 0 Å². The standard InChI is InChI=1S/C16H17N3O/c1-3-4-12-6-8-15(16(20)10-12)19-17-13-7-5-11(2)9-14(13)18-19/h5-10,20H,3-4H2,1-2H3. The van der Waals surface area contributed by atoms with E-state index in [-0.39, 0.29) is 5.75 Å². The number of benzene rings is 2. The molecule has 1 heterocycles. The maximum absolute atomic E-state index is 10.2. The molecule has 0 aliphatic carbocycles. The molecule has 3 aromatic rings. The normalized spacial score (nSPS) is 11.1. The van der Waals surface area contributed by atoms with Gasteiger partial charge in [-0.25, -0.2) is 0 Å². The largest absolute Gasteiger partial charge is 0.506 e. The third-order valence-corrected chi connectivity index (χ3v) is 3.33. The lowest BCUT2D eigenvalue weighted by Crippen LogP contribution is -1.99. The van der Waals surface area contributed by atoms with Crippen LogP contribution in [0, 0.1) is 6.92 Å². The van der Waals surface area contributed by atoms with E-state index >= 15 is 0 Å². The first kappa shape index (κ1) is 12.7. The van der Waals surface area contributed by atoms with Crippen LogP contribution >= 0.6 is 0 Å². The molecule has 0 spiro atoms. The van der Waals surface area contributed by atoms with Gasteiger partial charge in [0.2, 0.25) is 0 Å². The molecule has 0 saturated heterocycles. The highest BCUT2D eigenvalue weighted by Crippen LogP contribution is 2.24. The summed E-state index contributed by atoms with van der Waals surface area (Å²) in [4.78, 5) is 1.50. The van der Waals surface area contributed by atoms with Crippen LogP contribution in [0.15, 0.2) is 36.4 Å². The van der Waals surface area contributed by atoms with E-state index in [0.717, 1.165) is 35.0 Å². The van der Waals surface area contributed by atoms with Crippen molar-refractivity contribution in [2.45, 2.75) is 26.7 Å². The molecule has 0 unspecified atom stereocenters. The Morgan fingerprint density at radius 3 is 2.60 bits per heavy atom. The Labute approximate surface area is 117 Å². The van der Waals surface area contributed by atoms with Gasteiger partial charge in [-0.05, 0) is 48.7 Å². The maximum atomic E-state index is 10.2. The highest BCUT2D eigenvalue weighted by atomic mass is 16.3.